The van der Waals surface area contributed by atoms with Crippen LogP contribution in [-0.2, 0) is 9.84 Å². The van der Waals surface area contributed by atoms with Crippen molar-refractivity contribution in [3.63, 3.8) is 0 Å². The molecule has 1 aromatic rings. The lowest BCUT2D eigenvalue weighted by Gasteiger charge is -2.34. The van der Waals surface area contributed by atoms with Crippen LogP contribution in [0.5, 0.6) is 5.75 Å². The monoisotopic (exact) mass is 281 g/mol. The van der Waals surface area contributed by atoms with Crippen molar-refractivity contribution < 1.29 is 13.2 Å². The molecule has 2 bridgehead atoms. The Morgan fingerprint density at radius 2 is 1.89 bits per heavy atom. The highest BCUT2D eigenvalue weighted by molar-refractivity contribution is 7.90. The summed E-state index contributed by atoms with van der Waals surface area (Å²) in [5, 5.41) is 0. The molecule has 3 rings (SSSR count). The first kappa shape index (κ1) is 12.9. The van der Waals surface area contributed by atoms with E-state index < -0.39 is 9.84 Å². The molecule has 2 saturated heterocycles. The maximum atomic E-state index is 11.4. The largest absolute Gasteiger partial charge is 0.486 e. The maximum absolute atomic E-state index is 11.4. The van der Waals surface area contributed by atoms with Crippen molar-refractivity contribution in [2.24, 2.45) is 0 Å². The summed E-state index contributed by atoms with van der Waals surface area (Å²) in [6.07, 6.45) is 4.57. The summed E-state index contributed by atoms with van der Waals surface area (Å²) < 4.78 is 29.0. The molecule has 0 spiro atoms. The lowest BCUT2D eigenvalue weighted by Crippen LogP contribution is -2.43. The fraction of sp³-hybridized carbons (Fsp3) is 0.571. The van der Waals surface area contributed by atoms with Crippen molar-refractivity contribution in [2.75, 3.05) is 25.9 Å². The molecular formula is C14H19NO3S. The molecule has 0 saturated carbocycles. The first-order valence-electron chi connectivity index (χ1n) is 6.68. The van der Waals surface area contributed by atoms with Gasteiger partial charge in [-0.15, -0.1) is 0 Å². The third kappa shape index (κ3) is 2.62. The van der Waals surface area contributed by atoms with Gasteiger partial charge in [0.1, 0.15) is 11.4 Å². The second-order valence-electron chi connectivity index (χ2n) is 5.66. The van der Waals surface area contributed by atoms with Crippen LogP contribution in [0.25, 0.3) is 0 Å². The van der Waals surface area contributed by atoms with Gasteiger partial charge in [-0.2, -0.15) is 0 Å². The Balaban J connectivity index is 1.77. The van der Waals surface area contributed by atoms with Gasteiger partial charge in [-0.3, -0.25) is 4.90 Å². The van der Waals surface area contributed by atoms with E-state index in [2.05, 4.69) is 4.90 Å². The van der Waals surface area contributed by atoms with E-state index in [1.54, 1.807) is 24.3 Å². The number of piperidine rings is 1. The third-order valence-electron chi connectivity index (χ3n) is 4.09. The summed E-state index contributed by atoms with van der Waals surface area (Å²) in [4.78, 5) is 2.78. The molecule has 2 fully saturated rings. The minimum atomic E-state index is -3.13. The van der Waals surface area contributed by atoms with Gasteiger partial charge in [-0.05, 0) is 43.7 Å². The summed E-state index contributed by atoms with van der Waals surface area (Å²) >= 11 is 0. The van der Waals surface area contributed by atoms with Gasteiger partial charge in [0.15, 0.2) is 9.84 Å². The molecule has 104 valence electrons. The molecule has 2 aliphatic heterocycles. The van der Waals surface area contributed by atoms with Crippen LogP contribution in [0.4, 0.5) is 0 Å². The van der Waals surface area contributed by atoms with Crippen molar-refractivity contribution in [2.45, 2.75) is 29.8 Å². The summed E-state index contributed by atoms with van der Waals surface area (Å²) in [5.41, 5.74) is -0.0507. The number of ether oxygens (including phenoxy) is 1. The van der Waals surface area contributed by atoms with Crippen molar-refractivity contribution in [3.8, 4) is 5.75 Å². The molecule has 0 radical (unpaired) electrons. The zero-order valence-electron chi connectivity index (χ0n) is 11.1. The average Bonchev–Trinajstić information content (AvgIpc) is 2.64. The van der Waals surface area contributed by atoms with Crippen LogP contribution in [0, 0.1) is 0 Å². The van der Waals surface area contributed by atoms with Crippen molar-refractivity contribution >= 4 is 9.84 Å². The van der Waals surface area contributed by atoms with Crippen molar-refractivity contribution in [3.05, 3.63) is 24.3 Å². The number of rotatable bonds is 3. The molecule has 2 aliphatic rings. The van der Waals surface area contributed by atoms with Gasteiger partial charge < -0.3 is 4.74 Å². The Morgan fingerprint density at radius 1 is 1.16 bits per heavy atom. The number of nitrogens with zero attached hydrogens (tertiary/aromatic N) is 1. The molecule has 2 heterocycles. The second-order valence-corrected chi connectivity index (χ2v) is 7.67. The molecule has 5 heteroatoms. The Morgan fingerprint density at radius 3 is 2.58 bits per heavy atom. The van der Waals surface area contributed by atoms with Crippen LogP contribution in [-0.4, -0.2) is 44.8 Å². The highest BCUT2D eigenvalue weighted by Crippen LogP contribution is 2.35. The van der Waals surface area contributed by atoms with E-state index in [1.165, 1.54) is 19.2 Å². The molecular weight excluding hydrogens is 262 g/mol. The minimum Gasteiger partial charge on any atom is -0.486 e. The number of hydrogen-bond donors (Lipinski definition) is 0. The highest BCUT2D eigenvalue weighted by atomic mass is 32.2. The zero-order chi connectivity index (χ0) is 13.5. The Kier molecular flexibility index (Phi) is 3.06. The molecule has 1 aromatic carbocycles. The van der Waals surface area contributed by atoms with Crippen LogP contribution in [0.3, 0.4) is 0 Å². The fourth-order valence-corrected chi connectivity index (χ4v) is 3.72. The molecule has 0 N–H and O–H groups in total. The second kappa shape index (κ2) is 4.49. The molecule has 0 amide bonds. The summed E-state index contributed by atoms with van der Waals surface area (Å²) in [6.45, 7) is 3.29. The molecule has 0 aromatic heterocycles. The van der Waals surface area contributed by atoms with Gasteiger partial charge in [0.2, 0.25) is 0 Å². The van der Waals surface area contributed by atoms with Gasteiger partial charge >= 0.3 is 0 Å². The fourth-order valence-electron chi connectivity index (χ4n) is 3.09. The quantitative estimate of drug-likeness (QED) is 0.846. The number of hydrogen-bond acceptors (Lipinski definition) is 4. The van der Waals surface area contributed by atoms with Crippen LogP contribution in [0.1, 0.15) is 19.3 Å². The van der Waals surface area contributed by atoms with Crippen LogP contribution >= 0.6 is 0 Å². The van der Waals surface area contributed by atoms with Crippen LogP contribution < -0.4 is 4.74 Å². The average molecular weight is 281 g/mol. The predicted octanol–water partition coefficient (Wildman–Crippen LogP) is 1.71. The van der Waals surface area contributed by atoms with Gasteiger partial charge in [0.05, 0.1) is 4.90 Å². The number of benzene rings is 1. The third-order valence-corrected chi connectivity index (χ3v) is 5.22. The molecule has 2 atom stereocenters. The van der Waals surface area contributed by atoms with Crippen molar-refractivity contribution in [1.82, 2.24) is 4.90 Å². The standard InChI is InChI=1S/C14H19NO3S/c1-19(16,17)13-5-3-12(4-6-13)18-14-7-2-9-15(11-14)10-8-14/h3-6H,2,7-11H2,1H3/t14-/m1/s1. The molecule has 19 heavy (non-hydrogen) atoms. The molecule has 0 aliphatic carbocycles. The van der Waals surface area contributed by atoms with E-state index in [0.717, 1.165) is 31.7 Å². The van der Waals surface area contributed by atoms with Gasteiger partial charge in [-0.25, -0.2) is 8.42 Å². The van der Waals surface area contributed by atoms with E-state index >= 15 is 0 Å². The van der Waals surface area contributed by atoms with E-state index in [1.807, 2.05) is 0 Å². The summed E-state index contributed by atoms with van der Waals surface area (Å²) in [6, 6.07) is 6.78. The smallest absolute Gasteiger partial charge is 0.175 e. The van der Waals surface area contributed by atoms with E-state index in [9.17, 15) is 8.42 Å². The number of fused-ring (bicyclic) bond motifs is 2. The van der Waals surface area contributed by atoms with Crippen LogP contribution in [0.15, 0.2) is 29.2 Å². The van der Waals surface area contributed by atoms with Gasteiger partial charge in [0, 0.05) is 25.8 Å². The predicted molar refractivity (Wildman–Crippen MR) is 73.2 cm³/mol. The number of sulfone groups is 1. The van der Waals surface area contributed by atoms with E-state index in [-0.39, 0.29) is 5.60 Å². The Bertz CT molecular complexity index is 563. The topological polar surface area (TPSA) is 46.6 Å². The summed E-state index contributed by atoms with van der Waals surface area (Å²) in [7, 11) is -3.13. The normalized spacial score (nSPS) is 30.3. The van der Waals surface area contributed by atoms with Gasteiger partial charge in [-0.1, -0.05) is 0 Å². The van der Waals surface area contributed by atoms with Crippen LogP contribution in [0.2, 0.25) is 0 Å². The lowest BCUT2D eigenvalue weighted by molar-refractivity contribution is 0.0452. The van der Waals surface area contributed by atoms with Crippen molar-refractivity contribution in [1.29, 1.82) is 0 Å². The first-order valence-corrected chi connectivity index (χ1v) is 8.58. The minimum absolute atomic E-state index is 0.0507. The van der Waals surface area contributed by atoms with E-state index in [0.29, 0.717) is 4.90 Å². The first-order chi connectivity index (χ1) is 8.97. The maximum Gasteiger partial charge on any atom is 0.175 e. The SMILES string of the molecule is CS(=O)(=O)c1ccc(O[C@]23CCCN(CC2)C3)cc1. The lowest BCUT2D eigenvalue weighted by atomic mass is 9.94. The van der Waals surface area contributed by atoms with Gasteiger partial charge in [0.25, 0.3) is 0 Å². The molecule has 4 nitrogen and oxygen atoms in total. The molecule has 1 unspecified atom stereocenters. The highest BCUT2D eigenvalue weighted by Gasteiger charge is 2.42. The summed E-state index contributed by atoms with van der Waals surface area (Å²) in [5.74, 6) is 0.774. The zero-order valence-corrected chi connectivity index (χ0v) is 11.9. The Labute approximate surface area is 114 Å². The van der Waals surface area contributed by atoms with E-state index in [4.69, 9.17) is 4.74 Å². The Hall–Kier alpha value is -1.07.